The Morgan fingerprint density at radius 2 is 1.92 bits per heavy atom. The van der Waals surface area contributed by atoms with Crippen molar-refractivity contribution in [3.8, 4) is 5.75 Å². The molecule has 1 unspecified atom stereocenters. The highest BCUT2D eigenvalue weighted by molar-refractivity contribution is 6.01. The minimum atomic E-state index is -2.36. The van der Waals surface area contributed by atoms with Crippen LogP contribution in [0.25, 0.3) is 0 Å². The van der Waals surface area contributed by atoms with Gasteiger partial charge in [0, 0.05) is 39.1 Å². The molecule has 1 atom stereocenters. The predicted octanol–water partition coefficient (Wildman–Crippen LogP) is 1.46. The third kappa shape index (κ3) is 3.95. The van der Waals surface area contributed by atoms with Crippen molar-refractivity contribution in [2.75, 3.05) is 51.3 Å². The number of halogens is 2. The van der Waals surface area contributed by atoms with Gasteiger partial charge < -0.3 is 14.5 Å². The highest BCUT2D eigenvalue weighted by atomic mass is 19.3. The van der Waals surface area contributed by atoms with E-state index in [1.54, 1.807) is 33.9 Å². The molecule has 0 bridgehead atoms. The molecule has 3 rings (SSSR count). The number of carbonyl (C=O) groups is 2. The fourth-order valence-corrected chi connectivity index (χ4v) is 3.56. The lowest BCUT2D eigenvalue weighted by Gasteiger charge is -2.35. The van der Waals surface area contributed by atoms with Crippen LogP contribution in [-0.2, 0) is 9.59 Å². The molecule has 1 aromatic rings. The maximum Gasteiger partial charge on any atom is 0.251 e. The molecular formula is C18H23F2N3O3. The van der Waals surface area contributed by atoms with Crippen LogP contribution in [0.15, 0.2) is 24.3 Å². The third-order valence-corrected chi connectivity index (χ3v) is 4.93. The van der Waals surface area contributed by atoms with Gasteiger partial charge in [-0.15, -0.1) is 0 Å². The average Bonchev–Trinajstić information content (AvgIpc) is 3.02. The maximum absolute atomic E-state index is 12.8. The molecule has 0 radical (unpaired) electrons. The van der Waals surface area contributed by atoms with Crippen LogP contribution in [0.3, 0.4) is 0 Å². The Morgan fingerprint density at radius 3 is 2.58 bits per heavy atom. The average molecular weight is 367 g/mol. The van der Waals surface area contributed by atoms with E-state index in [1.807, 2.05) is 12.1 Å². The molecule has 26 heavy (non-hydrogen) atoms. The molecule has 6 nitrogen and oxygen atoms in total. The van der Waals surface area contributed by atoms with Crippen molar-refractivity contribution in [1.82, 2.24) is 9.80 Å². The lowest BCUT2D eigenvalue weighted by molar-refractivity contribution is -0.137. The number of hydrogen-bond acceptors (Lipinski definition) is 4. The number of para-hydroxylation sites is 2. The SMILES string of the molecule is COc1ccccc1N1CC(C(=O)N2CCN(CC(F)F)CC2)CC1=O. The van der Waals surface area contributed by atoms with Crippen molar-refractivity contribution < 1.29 is 23.1 Å². The van der Waals surface area contributed by atoms with E-state index in [1.165, 1.54) is 0 Å². The van der Waals surface area contributed by atoms with Crippen LogP contribution in [0.4, 0.5) is 14.5 Å². The quantitative estimate of drug-likeness (QED) is 0.791. The first-order valence-corrected chi connectivity index (χ1v) is 8.72. The zero-order chi connectivity index (χ0) is 18.7. The van der Waals surface area contributed by atoms with E-state index >= 15 is 0 Å². The Hall–Kier alpha value is -2.22. The Kier molecular flexibility index (Phi) is 5.70. The fourth-order valence-electron chi connectivity index (χ4n) is 3.56. The van der Waals surface area contributed by atoms with Gasteiger partial charge in [0.1, 0.15) is 5.75 Å². The number of rotatable bonds is 5. The Labute approximate surface area is 151 Å². The standard InChI is InChI=1S/C18H23F2N3O3/c1-26-15-5-3-2-4-14(15)23-11-13(10-17(23)24)18(25)22-8-6-21(7-9-22)12-16(19)20/h2-5,13,16H,6-12H2,1H3. The number of benzene rings is 1. The van der Waals surface area contributed by atoms with E-state index in [2.05, 4.69) is 0 Å². The lowest BCUT2D eigenvalue weighted by Crippen LogP contribution is -2.51. The van der Waals surface area contributed by atoms with Gasteiger partial charge in [0.25, 0.3) is 6.43 Å². The van der Waals surface area contributed by atoms with Crippen LogP contribution in [0.5, 0.6) is 5.75 Å². The maximum atomic E-state index is 12.8. The zero-order valence-electron chi connectivity index (χ0n) is 14.7. The lowest BCUT2D eigenvalue weighted by atomic mass is 10.1. The molecule has 8 heteroatoms. The summed E-state index contributed by atoms with van der Waals surface area (Å²) >= 11 is 0. The number of methoxy groups -OCH3 is 1. The molecular weight excluding hydrogens is 344 g/mol. The minimum Gasteiger partial charge on any atom is -0.495 e. The van der Waals surface area contributed by atoms with Gasteiger partial charge in [-0.1, -0.05) is 12.1 Å². The van der Waals surface area contributed by atoms with Crippen molar-refractivity contribution in [1.29, 1.82) is 0 Å². The summed E-state index contributed by atoms with van der Waals surface area (Å²) in [5, 5.41) is 0. The van der Waals surface area contributed by atoms with E-state index in [9.17, 15) is 18.4 Å². The first-order valence-electron chi connectivity index (χ1n) is 8.72. The second kappa shape index (κ2) is 7.99. The van der Waals surface area contributed by atoms with Gasteiger partial charge in [-0.3, -0.25) is 14.5 Å². The normalized spacial score (nSPS) is 21.5. The minimum absolute atomic E-state index is 0.0764. The molecule has 2 amide bonds. The van der Waals surface area contributed by atoms with Gasteiger partial charge in [0.05, 0.1) is 25.3 Å². The van der Waals surface area contributed by atoms with E-state index in [0.717, 1.165) is 0 Å². The number of carbonyl (C=O) groups excluding carboxylic acids is 2. The molecule has 2 fully saturated rings. The van der Waals surface area contributed by atoms with Crippen LogP contribution in [0.1, 0.15) is 6.42 Å². The van der Waals surface area contributed by atoms with Crippen LogP contribution in [0, 0.1) is 5.92 Å². The number of alkyl halides is 2. The van der Waals surface area contributed by atoms with Crippen molar-refractivity contribution in [2.45, 2.75) is 12.8 Å². The fraction of sp³-hybridized carbons (Fsp3) is 0.556. The van der Waals surface area contributed by atoms with Gasteiger partial charge in [-0.2, -0.15) is 0 Å². The van der Waals surface area contributed by atoms with E-state index in [0.29, 0.717) is 44.2 Å². The Morgan fingerprint density at radius 1 is 1.23 bits per heavy atom. The first kappa shape index (κ1) is 18.6. The number of amides is 2. The topological polar surface area (TPSA) is 53.1 Å². The second-order valence-corrected chi connectivity index (χ2v) is 6.59. The number of nitrogens with zero attached hydrogens (tertiary/aromatic N) is 3. The summed E-state index contributed by atoms with van der Waals surface area (Å²) in [5.41, 5.74) is 0.664. The third-order valence-electron chi connectivity index (χ3n) is 4.93. The van der Waals surface area contributed by atoms with Crippen molar-refractivity contribution in [3.05, 3.63) is 24.3 Å². The van der Waals surface area contributed by atoms with Gasteiger partial charge in [0.2, 0.25) is 11.8 Å². The molecule has 2 saturated heterocycles. The monoisotopic (exact) mass is 367 g/mol. The summed E-state index contributed by atoms with van der Waals surface area (Å²) in [6, 6.07) is 7.22. The van der Waals surface area contributed by atoms with Gasteiger partial charge in [0.15, 0.2) is 0 Å². The molecule has 2 aliphatic heterocycles. The molecule has 2 heterocycles. The van der Waals surface area contributed by atoms with Crippen molar-refractivity contribution in [2.24, 2.45) is 5.92 Å². The number of anilines is 1. The number of hydrogen-bond donors (Lipinski definition) is 0. The molecule has 0 spiro atoms. The van der Waals surface area contributed by atoms with Crippen LogP contribution in [0.2, 0.25) is 0 Å². The summed E-state index contributed by atoms with van der Waals surface area (Å²) in [7, 11) is 1.54. The Bertz CT molecular complexity index is 663. The Balaban J connectivity index is 1.61. The van der Waals surface area contributed by atoms with Crippen molar-refractivity contribution in [3.63, 3.8) is 0 Å². The highest BCUT2D eigenvalue weighted by Gasteiger charge is 2.38. The van der Waals surface area contributed by atoms with Crippen LogP contribution in [-0.4, -0.2) is 74.4 Å². The summed E-state index contributed by atoms with van der Waals surface area (Å²) in [4.78, 5) is 30.1. The molecule has 142 valence electrons. The highest BCUT2D eigenvalue weighted by Crippen LogP contribution is 2.33. The van der Waals surface area contributed by atoms with E-state index < -0.39 is 12.3 Å². The number of piperazine rings is 1. The predicted molar refractivity (Wildman–Crippen MR) is 92.5 cm³/mol. The van der Waals surface area contributed by atoms with Gasteiger partial charge in [-0.25, -0.2) is 8.78 Å². The molecule has 0 aromatic heterocycles. The molecule has 0 aliphatic carbocycles. The van der Waals surface area contributed by atoms with Gasteiger partial charge >= 0.3 is 0 Å². The van der Waals surface area contributed by atoms with E-state index in [-0.39, 0.29) is 24.8 Å². The molecule has 1 aromatic carbocycles. The molecule has 0 N–H and O–H groups in total. The molecule has 0 saturated carbocycles. The van der Waals surface area contributed by atoms with Crippen LogP contribution < -0.4 is 9.64 Å². The van der Waals surface area contributed by atoms with Gasteiger partial charge in [-0.05, 0) is 12.1 Å². The molecule has 2 aliphatic rings. The number of ether oxygens (including phenoxy) is 1. The summed E-state index contributed by atoms with van der Waals surface area (Å²) in [5.74, 6) is 0.000236. The van der Waals surface area contributed by atoms with E-state index in [4.69, 9.17) is 4.74 Å². The second-order valence-electron chi connectivity index (χ2n) is 6.59. The largest absolute Gasteiger partial charge is 0.495 e. The summed E-state index contributed by atoms with van der Waals surface area (Å²) in [6.07, 6.45) is -2.20. The zero-order valence-corrected chi connectivity index (χ0v) is 14.7. The summed E-state index contributed by atoms with van der Waals surface area (Å²) in [6.45, 7) is 1.77. The smallest absolute Gasteiger partial charge is 0.251 e. The van der Waals surface area contributed by atoms with Crippen molar-refractivity contribution >= 4 is 17.5 Å². The van der Waals surface area contributed by atoms with Crippen LogP contribution >= 0.6 is 0 Å². The summed E-state index contributed by atoms with van der Waals surface area (Å²) < 4.78 is 30.2. The first-order chi connectivity index (χ1) is 12.5.